The predicted molar refractivity (Wildman–Crippen MR) is 111 cm³/mol. The minimum absolute atomic E-state index is 0.345. The molecule has 2 aromatic rings. The van der Waals surface area contributed by atoms with E-state index in [0.29, 0.717) is 38.8 Å². The number of halogens is 2. The van der Waals surface area contributed by atoms with E-state index in [1.807, 2.05) is 24.9 Å². The number of nitrogens with zero attached hydrogens (tertiary/aromatic N) is 4. The Morgan fingerprint density at radius 1 is 1.44 bits per heavy atom. The minimum Gasteiger partial charge on any atom is -0.443 e. The van der Waals surface area contributed by atoms with Crippen molar-refractivity contribution in [3.8, 4) is 16.9 Å². The lowest BCUT2D eigenvalue weighted by Gasteiger charge is -2.17. The smallest absolute Gasteiger partial charge is 0.218 e. The van der Waals surface area contributed by atoms with Crippen LogP contribution in [0.4, 0.5) is 5.69 Å². The van der Waals surface area contributed by atoms with Crippen LogP contribution < -0.4 is 4.74 Å². The Kier molecular flexibility index (Phi) is 5.66. The first kappa shape index (κ1) is 19.9. The minimum atomic E-state index is -0.503. The molecule has 0 saturated heterocycles. The lowest BCUT2D eigenvalue weighted by molar-refractivity contribution is 0.429. The zero-order chi connectivity index (χ0) is 19.8. The van der Waals surface area contributed by atoms with E-state index < -0.39 is 4.87 Å². The molecule has 142 valence electrons. The number of ether oxygens (including phenoxy) is 1. The van der Waals surface area contributed by atoms with E-state index in [1.165, 1.54) is 0 Å². The molecule has 1 aromatic carbocycles. The molecule has 27 heavy (non-hydrogen) atoms. The van der Waals surface area contributed by atoms with Gasteiger partial charge in [0.15, 0.2) is 0 Å². The highest BCUT2D eigenvalue weighted by Crippen LogP contribution is 2.54. The van der Waals surface area contributed by atoms with E-state index in [4.69, 9.17) is 27.9 Å². The summed E-state index contributed by atoms with van der Waals surface area (Å²) in [6, 6.07) is 6.10. The van der Waals surface area contributed by atoms with Crippen LogP contribution in [0.3, 0.4) is 0 Å². The fraction of sp³-hybridized carbons (Fsp3) is 0.421. The molecule has 1 fully saturated rings. The van der Waals surface area contributed by atoms with Crippen molar-refractivity contribution in [3.63, 3.8) is 0 Å². The Bertz CT molecular complexity index is 929. The highest BCUT2D eigenvalue weighted by molar-refractivity contribution is 7.08. The number of alkyl halides is 1. The second-order valence-electron chi connectivity index (χ2n) is 6.95. The van der Waals surface area contributed by atoms with Gasteiger partial charge in [0.05, 0.1) is 27.6 Å². The lowest BCUT2D eigenvalue weighted by Crippen LogP contribution is -2.24. The number of aliphatic imine (C=N–C) groups is 1. The van der Waals surface area contributed by atoms with Gasteiger partial charge in [0.2, 0.25) is 5.06 Å². The fourth-order valence-corrected chi connectivity index (χ4v) is 3.62. The van der Waals surface area contributed by atoms with E-state index >= 15 is 0 Å². The second kappa shape index (κ2) is 7.67. The Labute approximate surface area is 173 Å². The fourth-order valence-electron chi connectivity index (χ4n) is 2.34. The van der Waals surface area contributed by atoms with Crippen LogP contribution in [0.1, 0.15) is 43.5 Å². The van der Waals surface area contributed by atoms with Crippen molar-refractivity contribution in [2.75, 3.05) is 7.05 Å². The molecule has 1 saturated carbocycles. The maximum atomic E-state index is 9.52. The van der Waals surface area contributed by atoms with Gasteiger partial charge in [-0.15, -0.1) is 11.6 Å². The molecular weight excluding hydrogens is 403 g/mol. The van der Waals surface area contributed by atoms with Gasteiger partial charge in [0.25, 0.3) is 0 Å². The summed E-state index contributed by atoms with van der Waals surface area (Å²) < 4.78 is 10.3. The van der Waals surface area contributed by atoms with Crippen LogP contribution >= 0.6 is 34.7 Å². The van der Waals surface area contributed by atoms with Gasteiger partial charge in [-0.05, 0) is 45.2 Å². The predicted octanol–water partition coefficient (Wildman–Crippen LogP) is 6.00. The average Bonchev–Trinajstić information content (AvgIpc) is 3.23. The van der Waals surface area contributed by atoms with Crippen molar-refractivity contribution in [2.45, 2.75) is 44.5 Å². The summed E-state index contributed by atoms with van der Waals surface area (Å²) >= 11 is 13.9. The first-order valence-corrected chi connectivity index (χ1v) is 10.1. The van der Waals surface area contributed by atoms with Crippen molar-refractivity contribution in [2.24, 2.45) is 4.99 Å². The second-order valence-corrected chi connectivity index (χ2v) is 8.81. The van der Waals surface area contributed by atoms with E-state index in [1.54, 1.807) is 12.4 Å². The molecule has 0 atom stereocenters. The summed E-state index contributed by atoms with van der Waals surface area (Å²) in [5.74, 6) is 0.572. The zero-order valence-electron chi connectivity index (χ0n) is 15.6. The highest BCUT2D eigenvalue weighted by atomic mass is 35.5. The van der Waals surface area contributed by atoms with Crippen LogP contribution in [-0.4, -0.2) is 28.7 Å². The molecule has 0 radical (unpaired) electrons. The van der Waals surface area contributed by atoms with Gasteiger partial charge in [-0.3, -0.25) is 0 Å². The summed E-state index contributed by atoms with van der Waals surface area (Å²) in [4.78, 5) is 5.94. The molecule has 0 amide bonds. The summed E-state index contributed by atoms with van der Waals surface area (Å²) in [6.07, 6.45) is 3.41. The van der Waals surface area contributed by atoms with Gasteiger partial charge >= 0.3 is 0 Å². The number of hydrogen-bond donors (Lipinski definition) is 0. The van der Waals surface area contributed by atoms with Crippen molar-refractivity contribution in [1.29, 1.82) is 5.26 Å². The largest absolute Gasteiger partial charge is 0.443 e. The van der Waals surface area contributed by atoms with Crippen molar-refractivity contribution in [3.05, 3.63) is 34.0 Å². The number of aryl methyl sites for hydroxylation is 1. The molecule has 8 heteroatoms. The van der Waals surface area contributed by atoms with Crippen molar-refractivity contribution >= 4 is 46.8 Å². The summed E-state index contributed by atoms with van der Waals surface area (Å²) in [5, 5.41) is 10.4. The van der Waals surface area contributed by atoms with E-state index in [9.17, 15) is 5.26 Å². The quantitative estimate of drug-likeness (QED) is 0.325. The molecule has 1 heterocycles. The SMILES string of the molecule is Cc1cc(/N=C\N(C)C(C)C)c(Cl)cc1Oc1snc(C2(Cl)CC2)c1C#N. The number of nitriles is 1. The first-order chi connectivity index (χ1) is 12.7. The third-order valence-corrected chi connectivity index (χ3v) is 6.11. The third-order valence-electron chi connectivity index (χ3n) is 4.53. The maximum absolute atomic E-state index is 9.52. The number of hydrogen-bond acceptors (Lipinski definition) is 5. The highest BCUT2D eigenvalue weighted by Gasteiger charge is 2.47. The van der Waals surface area contributed by atoms with Crippen LogP contribution in [0.5, 0.6) is 10.8 Å². The molecule has 3 rings (SSSR count). The average molecular weight is 423 g/mol. The normalized spacial score (nSPS) is 15.2. The Hall–Kier alpha value is -1.81. The molecular formula is C19H20Cl2N4OS. The number of rotatable bonds is 6. The van der Waals surface area contributed by atoms with Crippen LogP contribution in [-0.2, 0) is 4.87 Å². The molecule has 0 N–H and O–H groups in total. The van der Waals surface area contributed by atoms with Crippen LogP contribution in [0, 0.1) is 18.3 Å². The lowest BCUT2D eigenvalue weighted by atomic mass is 10.2. The Morgan fingerprint density at radius 2 is 2.15 bits per heavy atom. The van der Waals surface area contributed by atoms with E-state index in [2.05, 4.69) is 29.3 Å². The molecule has 0 spiro atoms. The maximum Gasteiger partial charge on any atom is 0.218 e. The van der Waals surface area contributed by atoms with Crippen LogP contribution in [0.25, 0.3) is 0 Å². The van der Waals surface area contributed by atoms with Gasteiger partial charge in [-0.2, -0.15) is 9.64 Å². The van der Waals surface area contributed by atoms with Gasteiger partial charge in [-0.25, -0.2) is 4.99 Å². The molecule has 1 aliphatic rings. The van der Waals surface area contributed by atoms with Gasteiger partial charge in [0.1, 0.15) is 17.4 Å². The number of aromatic nitrogens is 1. The Balaban J connectivity index is 1.86. The Morgan fingerprint density at radius 3 is 2.74 bits per heavy atom. The van der Waals surface area contributed by atoms with Crippen molar-refractivity contribution < 1.29 is 4.74 Å². The standard InChI is InChI=1S/C19H20Cl2N4OS/c1-11(2)25(4)10-23-15-7-12(3)16(8-14(15)20)26-18-13(9-22)17(24-27-18)19(21)5-6-19/h7-8,10-11H,5-6H2,1-4H3/b23-10-. The molecule has 0 unspecified atom stereocenters. The molecule has 5 nitrogen and oxygen atoms in total. The van der Waals surface area contributed by atoms with Gasteiger partial charge in [-0.1, -0.05) is 11.6 Å². The van der Waals surface area contributed by atoms with Gasteiger partial charge in [0, 0.05) is 30.7 Å². The first-order valence-electron chi connectivity index (χ1n) is 8.58. The topological polar surface area (TPSA) is 61.5 Å². The van der Waals surface area contributed by atoms with Crippen LogP contribution in [0.2, 0.25) is 5.02 Å². The van der Waals surface area contributed by atoms with Crippen LogP contribution in [0.15, 0.2) is 17.1 Å². The summed E-state index contributed by atoms with van der Waals surface area (Å²) in [7, 11) is 1.96. The summed E-state index contributed by atoms with van der Waals surface area (Å²) in [6.45, 7) is 6.08. The molecule has 0 bridgehead atoms. The van der Waals surface area contributed by atoms with Gasteiger partial charge < -0.3 is 9.64 Å². The molecule has 1 aliphatic carbocycles. The van der Waals surface area contributed by atoms with E-state index in [0.717, 1.165) is 29.9 Å². The monoisotopic (exact) mass is 422 g/mol. The zero-order valence-corrected chi connectivity index (χ0v) is 17.9. The van der Waals surface area contributed by atoms with Crippen molar-refractivity contribution in [1.82, 2.24) is 9.27 Å². The number of benzene rings is 1. The molecule has 1 aromatic heterocycles. The molecule has 0 aliphatic heterocycles. The summed E-state index contributed by atoms with van der Waals surface area (Å²) in [5.41, 5.74) is 2.55. The van der Waals surface area contributed by atoms with E-state index in [-0.39, 0.29) is 0 Å². The third kappa shape index (κ3) is 4.21.